The van der Waals surface area contributed by atoms with Crippen molar-refractivity contribution in [2.75, 3.05) is 0 Å². The third kappa shape index (κ3) is 2.48. The first kappa shape index (κ1) is 10.9. The van der Waals surface area contributed by atoms with E-state index in [4.69, 9.17) is 11.6 Å². The van der Waals surface area contributed by atoms with Gasteiger partial charge in [-0.05, 0) is 35.9 Å². The highest BCUT2D eigenvalue weighted by Crippen LogP contribution is 2.31. The van der Waals surface area contributed by atoms with Gasteiger partial charge in [0.2, 0.25) is 0 Å². The standard InChI is InChI=1S/C11H6BrClOS/c12-8-3-7(4-9(13)5-8)11-2-1-10(6-14)15-11/h1-6H. The van der Waals surface area contributed by atoms with Crippen LogP contribution in [0.25, 0.3) is 10.4 Å². The number of thiophene rings is 1. The molecule has 1 aromatic heterocycles. The van der Waals surface area contributed by atoms with Crippen LogP contribution in [0.2, 0.25) is 5.02 Å². The summed E-state index contributed by atoms with van der Waals surface area (Å²) in [6, 6.07) is 9.42. The molecule has 2 rings (SSSR count). The molecule has 0 N–H and O–H groups in total. The molecule has 0 bridgehead atoms. The van der Waals surface area contributed by atoms with Crippen LogP contribution in [0.15, 0.2) is 34.8 Å². The second kappa shape index (κ2) is 4.47. The van der Waals surface area contributed by atoms with Crippen molar-refractivity contribution in [2.45, 2.75) is 0 Å². The van der Waals surface area contributed by atoms with Gasteiger partial charge in [0.05, 0.1) is 4.88 Å². The molecule has 1 heterocycles. The normalized spacial score (nSPS) is 10.3. The smallest absolute Gasteiger partial charge is 0.160 e. The molecule has 1 nitrogen and oxygen atoms in total. The number of carbonyl (C=O) groups is 1. The second-order valence-electron chi connectivity index (χ2n) is 2.98. The summed E-state index contributed by atoms with van der Waals surface area (Å²) < 4.78 is 0.936. The lowest BCUT2D eigenvalue weighted by molar-refractivity contribution is 0.112. The van der Waals surface area contributed by atoms with E-state index in [9.17, 15) is 4.79 Å². The molecule has 1 aromatic carbocycles. The molecule has 0 fully saturated rings. The Kier molecular flexibility index (Phi) is 3.24. The van der Waals surface area contributed by atoms with Gasteiger partial charge in [0.1, 0.15) is 0 Å². The zero-order valence-corrected chi connectivity index (χ0v) is 10.7. The van der Waals surface area contributed by atoms with Crippen molar-refractivity contribution in [2.24, 2.45) is 0 Å². The summed E-state index contributed by atoms with van der Waals surface area (Å²) in [5.41, 5.74) is 1.02. The molecule has 0 amide bonds. The summed E-state index contributed by atoms with van der Waals surface area (Å²) in [6.45, 7) is 0. The van der Waals surface area contributed by atoms with Gasteiger partial charge >= 0.3 is 0 Å². The molecule has 76 valence electrons. The van der Waals surface area contributed by atoms with Gasteiger partial charge < -0.3 is 0 Å². The first-order valence-corrected chi connectivity index (χ1v) is 6.19. The molecule has 0 atom stereocenters. The van der Waals surface area contributed by atoms with Gasteiger partial charge in [-0.25, -0.2) is 0 Å². The average molecular weight is 302 g/mol. The summed E-state index contributed by atoms with van der Waals surface area (Å²) in [4.78, 5) is 12.3. The minimum absolute atomic E-state index is 0.681. The number of hydrogen-bond donors (Lipinski definition) is 0. The molecule has 0 aliphatic heterocycles. The van der Waals surface area contributed by atoms with Crippen molar-refractivity contribution < 1.29 is 4.79 Å². The summed E-state index contributed by atoms with van der Waals surface area (Å²) in [5, 5.41) is 0.681. The summed E-state index contributed by atoms with van der Waals surface area (Å²) in [6.07, 6.45) is 0.855. The Morgan fingerprint density at radius 2 is 2.07 bits per heavy atom. The third-order valence-corrected chi connectivity index (χ3v) is 3.63. The molecule has 0 spiro atoms. The lowest BCUT2D eigenvalue weighted by Gasteiger charge is -1.99. The molecular weight excluding hydrogens is 296 g/mol. The third-order valence-electron chi connectivity index (χ3n) is 1.89. The van der Waals surface area contributed by atoms with Crippen LogP contribution in [0.4, 0.5) is 0 Å². The molecule has 0 saturated carbocycles. The summed E-state index contributed by atoms with van der Waals surface area (Å²) in [7, 11) is 0. The van der Waals surface area contributed by atoms with Crippen LogP contribution in [0.1, 0.15) is 9.67 Å². The maximum atomic E-state index is 10.6. The Bertz CT molecular complexity index is 487. The fraction of sp³-hybridized carbons (Fsp3) is 0. The van der Waals surface area contributed by atoms with Gasteiger partial charge in [0.25, 0.3) is 0 Å². The van der Waals surface area contributed by atoms with Crippen LogP contribution >= 0.6 is 38.9 Å². The average Bonchev–Trinajstić information content (AvgIpc) is 2.64. The van der Waals surface area contributed by atoms with E-state index >= 15 is 0 Å². The number of benzene rings is 1. The number of rotatable bonds is 2. The van der Waals surface area contributed by atoms with Gasteiger partial charge in [-0.1, -0.05) is 27.5 Å². The van der Waals surface area contributed by atoms with Gasteiger partial charge in [0, 0.05) is 14.4 Å². The maximum absolute atomic E-state index is 10.6. The van der Waals surface area contributed by atoms with E-state index in [1.165, 1.54) is 11.3 Å². The number of carbonyl (C=O) groups excluding carboxylic acids is 1. The van der Waals surface area contributed by atoms with Gasteiger partial charge in [0.15, 0.2) is 6.29 Å². The Labute approximate surface area is 105 Å². The van der Waals surface area contributed by atoms with E-state index in [1.807, 2.05) is 30.3 Å². The van der Waals surface area contributed by atoms with Gasteiger partial charge in [-0.3, -0.25) is 4.79 Å². The monoisotopic (exact) mass is 300 g/mol. The van der Waals surface area contributed by atoms with Crippen molar-refractivity contribution in [1.82, 2.24) is 0 Å². The number of aldehydes is 1. The van der Waals surface area contributed by atoms with Crippen LogP contribution < -0.4 is 0 Å². The molecule has 0 radical (unpaired) electrons. The molecule has 15 heavy (non-hydrogen) atoms. The topological polar surface area (TPSA) is 17.1 Å². The largest absolute Gasteiger partial charge is 0.297 e. The first-order chi connectivity index (χ1) is 7.19. The van der Waals surface area contributed by atoms with Gasteiger partial charge in [-0.2, -0.15) is 0 Å². The van der Waals surface area contributed by atoms with Crippen LogP contribution in [0, 0.1) is 0 Å². The van der Waals surface area contributed by atoms with Crippen LogP contribution in [-0.4, -0.2) is 6.29 Å². The van der Waals surface area contributed by atoms with E-state index in [2.05, 4.69) is 15.9 Å². The van der Waals surface area contributed by atoms with E-state index in [0.717, 1.165) is 26.1 Å². The molecule has 0 unspecified atom stereocenters. The highest BCUT2D eigenvalue weighted by molar-refractivity contribution is 9.10. The van der Waals surface area contributed by atoms with E-state index < -0.39 is 0 Å². The Morgan fingerprint density at radius 3 is 2.67 bits per heavy atom. The summed E-state index contributed by atoms with van der Waals surface area (Å²) >= 11 is 10.8. The Balaban J connectivity index is 2.48. The lowest BCUT2D eigenvalue weighted by atomic mass is 10.2. The highest BCUT2D eigenvalue weighted by atomic mass is 79.9. The predicted octanol–water partition coefficient (Wildman–Crippen LogP) is 4.64. The molecule has 2 aromatic rings. The van der Waals surface area contributed by atoms with Crippen LogP contribution in [0.3, 0.4) is 0 Å². The van der Waals surface area contributed by atoms with E-state index in [1.54, 1.807) is 0 Å². The van der Waals surface area contributed by atoms with Crippen molar-refractivity contribution in [1.29, 1.82) is 0 Å². The minimum atomic E-state index is 0.681. The first-order valence-electron chi connectivity index (χ1n) is 4.20. The number of hydrogen-bond acceptors (Lipinski definition) is 2. The highest BCUT2D eigenvalue weighted by Gasteiger charge is 2.04. The van der Waals surface area contributed by atoms with Crippen molar-refractivity contribution in [3.8, 4) is 10.4 Å². The predicted molar refractivity (Wildman–Crippen MR) is 67.9 cm³/mol. The maximum Gasteiger partial charge on any atom is 0.160 e. The van der Waals surface area contributed by atoms with Crippen molar-refractivity contribution in [3.05, 3.63) is 44.7 Å². The second-order valence-corrected chi connectivity index (χ2v) is 5.45. The number of halogens is 2. The minimum Gasteiger partial charge on any atom is -0.297 e. The lowest BCUT2D eigenvalue weighted by Crippen LogP contribution is -1.73. The SMILES string of the molecule is O=Cc1ccc(-c2cc(Cl)cc(Br)c2)s1. The fourth-order valence-electron chi connectivity index (χ4n) is 1.27. The molecular formula is C11H6BrClOS. The van der Waals surface area contributed by atoms with E-state index in [0.29, 0.717) is 5.02 Å². The van der Waals surface area contributed by atoms with Crippen molar-refractivity contribution >= 4 is 45.2 Å². The van der Waals surface area contributed by atoms with Crippen LogP contribution in [0.5, 0.6) is 0 Å². The Hall–Kier alpha value is -0.640. The van der Waals surface area contributed by atoms with Crippen LogP contribution in [-0.2, 0) is 0 Å². The van der Waals surface area contributed by atoms with Crippen molar-refractivity contribution in [3.63, 3.8) is 0 Å². The van der Waals surface area contributed by atoms with Gasteiger partial charge in [-0.15, -0.1) is 11.3 Å². The zero-order chi connectivity index (χ0) is 10.8. The quantitative estimate of drug-likeness (QED) is 0.738. The Morgan fingerprint density at radius 1 is 1.27 bits per heavy atom. The molecule has 4 heteroatoms. The molecule has 0 aliphatic carbocycles. The van der Waals surface area contributed by atoms with E-state index in [-0.39, 0.29) is 0 Å². The molecule has 0 saturated heterocycles. The molecule has 0 aliphatic rings. The fourth-order valence-corrected chi connectivity index (χ4v) is 2.94. The summed E-state index contributed by atoms with van der Waals surface area (Å²) in [5.74, 6) is 0. The zero-order valence-electron chi connectivity index (χ0n) is 7.54.